The number of nitrogens with one attached hydrogen (secondary N) is 2. The van der Waals surface area contributed by atoms with Crippen LogP contribution in [0.5, 0.6) is 0 Å². The summed E-state index contributed by atoms with van der Waals surface area (Å²) in [4.78, 5) is 33.9. The van der Waals surface area contributed by atoms with E-state index in [1.54, 1.807) is 0 Å². The molecule has 0 aliphatic heterocycles. The van der Waals surface area contributed by atoms with E-state index in [1.807, 2.05) is 27.7 Å². The van der Waals surface area contributed by atoms with Gasteiger partial charge in [0.2, 0.25) is 11.8 Å². The molecule has 0 heterocycles. The van der Waals surface area contributed by atoms with Crippen molar-refractivity contribution in [2.75, 3.05) is 53.2 Å². The van der Waals surface area contributed by atoms with E-state index in [0.717, 1.165) is 0 Å². The van der Waals surface area contributed by atoms with E-state index in [1.165, 1.54) is 7.11 Å². The van der Waals surface area contributed by atoms with Gasteiger partial charge in [-0.3, -0.25) is 14.4 Å². The highest BCUT2D eigenvalue weighted by Gasteiger charge is 2.07. The van der Waals surface area contributed by atoms with Gasteiger partial charge in [-0.25, -0.2) is 0 Å². The van der Waals surface area contributed by atoms with Crippen LogP contribution < -0.4 is 10.6 Å². The van der Waals surface area contributed by atoms with E-state index in [9.17, 15) is 14.4 Å². The summed E-state index contributed by atoms with van der Waals surface area (Å²) in [6, 6.07) is 0. The first-order chi connectivity index (χ1) is 12.0. The number of Topliss-reactive ketones (excluding diaryl/α,β-unsaturated/α-hetero) is 1. The Morgan fingerprint density at radius 2 is 1.36 bits per heavy atom. The largest absolute Gasteiger partial charge is 0.384 e. The highest BCUT2D eigenvalue weighted by molar-refractivity contribution is 5.81. The third kappa shape index (κ3) is 18.7. The second-order valence-electron chi connectivity index (χ2n) is 5.17. The fourth-order valence-electron chi connectivity index (χ4n) is 1.36. The van der Waals surface area contributed by atoms with Crippen molar-refractivity contribution in [1.82, 2.24) is 10.6 Å². The van der Waals surface area contributed by atoms with E-state index < -0.39 is 0 Å². The number of methoxy groups -OCH3 is 1. The van der Waals surface area contributed by atoms with Gasteiger partial charge in [0, 0.05) is 32.5 Å². The van der Waals surface area contributed by atoms with Crippen molar-refractivity contribution in [2.45, 2.75) is 34.1 Å². The Morgan fingerprint density at radius 3 is 1.88 bits per heavy atom. The molecule has 2 N–H and O–H groups in total. The van der Waals surface area contributed by atoms with Crippen molar-refractivity contribution in [3.63, 3.8) is 0 Å². The van der Waals surface area contributed by atoms with Gasteiger partial charge >= 0.3 is 0 Å². The highest BCUT2D eigenvalue weighted by Crippen LogP contribution is 1.93. The van der Waals surface area contributed by atoms with Gasteiger partial charge in [0.25, 0.3) is 0 Å². The SMILES string of the molecule is CC.COCCC(=O)NCCOCC(=O)NCCOCC(=O)C(C)C. The smallest absolute Gasteiger partial charge is 0.246 e. The molecule has 0 fully saturated rings. The first kappa shape index (κ1) is 25.7. The Morgan fingerprint density at radius 1 is 0.840 bits per heavy atom. The molecule has 8 heteroatoms. The number of ketones is 1. The minimum absolute atomic E-state index is 0.0345. The quantitative estimate of drug-likeness (QED) is 0.437. The number of carbonyl (C=O) groups is 3. The Labute approximate surface area is 151 Å². The van der Waals surface area contributed by atoms with Crippen LogP contribution >= 0.6 is 0 Å². The molecular formula is C17H34N2O6. The van der Waals surface area contributed by atoms with E-state index >= 15 is 0 Å². The molecule has 2 amide bonds. The van der Waals surface area contributed by atoms with E-state index in [4.69, 9.17) is 14.2 Å². The van der Waals surface area contributed by atoms with E-state index in [-0.39, 0.29) is 49.9 Å². The molecule has 0 aromatic rings. The third-order valence-corrected chi connectivity index (χ3v) is 2.79. The van der Waals surface area contributed by atoms with Crippen LogP contribution in [0.4, 0.5) is 0 Å². The number of hydrogen-bond donors (Lipinski definition) is 2. The molecule has 0 atom stereocenters. The normalized spacial score (nSPS) is 10.0. The van der Waals surface area contributed by atoms with Gasteiger partial charge in [-0.15, -0.1) is 0 Å². The summed E-state index contributed by atoms with van der Waals surface area (Å²) in [6.45, 7) is 9.17. The fourth-order valence-corrected chi connectivity index (χ4v) is 1.36. The van der Waals surface area contributed by atoms with Crippen LogP contribution in [0, 0.1) is 5.92 Å². The molecule has 8 nitrogen and oxygen atoms in total. The fraction of sp³-hybridized carbons (Fsp3) is 0.824. The van der Waals surface area contributed by atoms with Crippen molar-refractivity contribution in [1.29, 1.82) is 0 Å². The molecule has 0 saturated heterocycles. The maximum absolute atomic E-state index is 11.4. The van der Waals surface area contributed by atoms with Crippen LogP contribution in [0.2, 0.25) is 0 Å². The lowest BCUT2D eigenvalue weighted by Gasteiger charge is -2.08. The van der Waals surface area contributed by atoms with Gasteiger partial charge in [0.15, 0.2) is 5.78 Å². The van der Waals surface area contributed by atoms with Gasteiger partial charge < -0.3 is 24.8 Å². The van der Waals surface area contributed by atoms with Crippen LogP contribution in [0.25, 0.3) is 0 Å². The highest BCUT2D eigenvalue weighted by atomic mass is 16.5. The molecule has 0 aliphatic rings. The van der Waals surface area contributed by atoms with Crippen molar-refractivity contribution < 1.29 is 28.6 Å². The summed E-state index contributed by atoms with van der Waals surface area (Å²) in [5, 5.41) is 5.25. The number of carbonyl (C=O) groups excluding carboxylic acids is 3. The second kappa shape index (κ2) is 18.8. The number of hydrogen-bond acceptors (Lipinski definition) is 6. The number of rotatable bonds is 14. The van der Waals surface area contributed by atoms with Gasteiger partial charge in [-0.05, 0) is 0 Å². The summed E-state index contributed by atoms with van der Waals surface area (Å²) in [6.07, 6.45) is 0.302. The lowest BCUT2D eigenvalue weighted by Crippen LogP contribution is -2.33. The zero-order valence-electron chi connectivity index (χ0n) is 16.2. The standard InChI is InChI=1S/C15H28N2O6.C2H6/c1-12(2)13(18)10-22-8-6-17-15(20)11-23-9-5-16-14(19)4-7-21-3;1-2/h12H,4-11H2,1-3H3,(H,16,19)(H,17,20);1-2H3. The summed E-state index contributed by atoms with van der Waals surface area (Å²) < 4.78 is 15.0. The van der Waals surface area contributed by atoms with Gasteiger partial charge in [0.05, 0.1) is 19.8 Å². The summed E-state index contributed by atoms with van der Waals surface area (Å²) >= 11 is 0. The molecule has 0 rings (SSSR count). The van der Waals surface area contributed by atoms with Gasteiger partial charge in [0.1, 0.15) is 13.2 Å². The van der Waals surface area contributed by atoms with Crippen molar-refractivity contribution in [3.05, 3.63) is 0 Å². The second-order valence-corrected chi connectivity index (χ2v) is 5.17. The summed E-state index contributed by atoms with van der Waals surface area (Å²) in [5.41, 5.74) is 0. The maximum atomic E-state index is 11.4. The Bertz CT molecular complexity index is 361. The van der Waals surface area contributed by atoms with E-state index in [2.05, 4.69) is 10.6 Å². The molecule has 148 valence electrons. The Balaban J connectivity index is 0. The first-order valence-corrected chi connectivity index (χ1v) is 8.68. The summed E-state index contributed by atoms with van der Waals surface area (Å²) in [5.74, 6) is -0.400. The van der Waals surface area contributed by atoms with Gasteiger partial charge in [-0.1, -0.05) is 27.7 Å². The molecule has 0 unspecified atom stereocenters. The molecule has 0 spiro atoms. The number of ether oxygens (including phenoxy) is 3. The molecular weight excluding hydrogens is 328 g/mol. The number of amides is 2. The lowest BCUT2D eigenvalue weighted by atomic mass is 10.1. The summed E-state index contributed by atoms with van der Waals surface area (Å²) in [7, 11) is 1.53. The van der Waals surface area contributed by atoms with Crippen molar-refractivity contribution >= 4 is 17.6 Å². The van der Waals surface area contributed by atoms with Crippen LogP contribution in [-0.2, 0) is 28.6 Å². The molecule has 25 heavy (non-hydrogen) atoms. The Kier molecular flexibility index (Phi) is 19.4. The van der Waals surface area contributed by atoms with Crippen LogP contribution in [0.15, 0.2) is 0 Å². The molecule has 0 aliphatic carbocycles. The molecule has 0 aromatic heterocycles. The average molecular weight is 362 g/mol. The topological polar surface area (TPSA) is 103 Å². The average Bonchev–Trinajstić information content (AvgIpc) is 2.60. The predicted molar refractivity (Wildman–Crippen MR) is 95.3 cm³/mol. The zero-order chi connectivity index (χ0) is 19.5. The minimum atomic E-state index is -0.269. The third-order valence-electron chi connectivity index (χ3n) is 2.79. The Hall–Kier alpha value is -1.51. The maximum Gasteiger partial charge on any atom is 0.246 e. The van der Waals surface area contributed by atoms with Crippen molar-refractivity contribution in [2.24, 2.45) is 5.92 Å². The van der Waals surface area contributed by atoms with Crippen LogP contribution in [0.1, 0.15) is 34.1 Å². The molecule has 0 aromatic carbocycles. The predicted octanol–water partition coefficient (Wildman–Crippen LogP) is 0.540. The minimum Gasteiger partial charge on any atom is -0.384 e. The van der Waals surface area contributed by atoms with Crippen LogP contribution in [0.3, 0.4) is 0 Å². The first-order valence-electron chi connectivity index (χ1n) is 8.68. The molecule has 0 bridgehead atoms. The zero-order valence-corrected chi connectivity index (χ0v) is 16.2. The molecule has 0 radical (unpaired) electrons. The molecule has 0 saturated carbocycles. The monoisotopic (exact) mass is 362 g/mol. The van der Waals surface area contributed by atoms with Crippen LogP contribution in [-0.4, -0.2) is 70.8 Å². The van der Waals surface area contributed by atoms with Crippen molar-refractivity contribution in [3.8, 4) is 0 Å². The lowest BCUT2D eigenvalue weighted by molar-refractivity contribution is -0.127. The van der Waals surface area contributed by atoms with Gasteiger partial charge in [-0.2, -0.15) is 0 Å². The van der Waals surface area contributed by atoms with E-state index in [0.29, 0.717) is 26.1 Å².